The van der Waals surface area contributed by atoms with Gasteiger partial charge in [-0.3, -0.25) is 0 Å². The molecule has 0 saturated heterocycles. The molecule has 1 aliphatic carbocycles. The predicted molar refractivity (Wildman–Crippen MR) is 87.9 cm³/mol. The molecule has 1 heterocycles. The third-order valence-electron chi connectivity index (χ3n) is 3.83. The summed E-state index contributed by atoms with van der Waals surface area (Å²) in [5, 5.41) is 3.59. The first-order valence-corrected chi connectivity index (χ1v) is 7.85. The van der Waals surface area contributed by atoms with E-state index in [1.54, 1.807) is 7.11 Å². The summed E-state index contributed by atoms with van der Waals surface area (Å²) in [4.78, 5) is 7.01. The molecule has 2 rings (SSSR count). The van der Waals surface area contributed by atoms with Crippen molar-refractivity contribution in [2.45, 2.75) is 51.6 Å². The second-order valence-electron chi connectivity index (χ2n) is 7.04. The van der Waals surface area contributed by atoms with Crippen LogP contribution in [0.25, 0.3) is 0 Å². The van der Waals surface area contributed by atoms with E-state index in [0.29, 0.717) is 6.61 Å². The molecule has 1 aliphatic rings. The minimum absolute atomic E-state index is 0.0619. The third kappa shape index (κ3) is 4.97. The van der Waals surface area contributed by atoms with Crippen LogP contribution >= 0.6 is 0 Å². The van der Waals surface area contributed by atoms with Crippen LogP contribution in [0.3, 0.4) is 0 Å². The van der Waals surface area contributed by atoms with Crippen LogP contribution in [0.1, 0.15) is 44.9 Å². The SMILES string of the molecule is COCCN(C)c1cc(CNC2CC2)cc(C(C)(C)C)n1. The van der Waals surface area contributed by atoms with E-state index in [9.17, 15) is 0 Å². The molecule has 118 valence electrons. The molecule has 0 atom stereocenters. The Kier molecular flexibility index (Phi) is 5.22. The average Bonchev–Trinajstić information content (AvgIpc) is 3.25. The van der Waals surface area contributed by atoms with Crippen molar-refractivity contribution in [1.29, 1.82) is 0 Å². The normalized spacial score (nSPS) is 15.3. The van der Waals surface area contributed by atoms with Gasteiger partial charge in [-0.25, -0.2) is 4.98 Å². The molecule has 1 N–H and O–H groups in total. The lowest BCUT2D eigenvalue weighted by atomic mass is 9.90. The maximum Gasteiger partial charge on any atom is 0.128 e. The molecule has 0 spiro atoms. The molecule has 1 aromatic heterocycles. The van der Waals surface area contributed by atoms with Crippen molar-refractivity contribution in [2.75, 3.05) is 32.2 Å². The topological polar surface area (TPSA) is 37.4 Å². The van der Waals surface area contributed by atoms with Gasteiger partial charge in [0.05, 0.1) is 6.61 Å². The Balaban J connectivity index is 2.18. The van der Waals surface area contributed by atoms with Gasteiger partial charge < -0.3 is 15.0 Å². The van der Waals surface area contributed by atoms with Crippen LogP contribution in [0.5, 0.6) is 0 Å². The number of methoxy groups -OCH3 is 1. The molecular weight excluding hydrogens is 262 g/mol. The summed E-state index contributed by atoms with van der Waals surface area (Å²) in [7, 11) is 3.81. The molecule has 4 heteroatoms. The smallest absolute Gasteiger partial charge is 0.128 e. The first-order valence-electron chi connectivity index (χ1n) is 7.85. The van der Waals surface area contributed by atoms with Crippen LogP contribution in [0.15, 0.2) is 12.1 Å². The maximum absolute atomic E-state index is 5.17. The summed E-state index contributed by atoms with van der Waals surface area (Å²) in [5.74, 6) is 1.03. The predicted octanol–water partition coefficient (Wildman–Crippen LogP) is 2.71. The first-order chi connectivity index (χ1) is 9.90. The highest BCUT2D eigenvalue weighted by Gasteiger charge is 2.22. The Hall–Kier alpha value is -1.13. The van der Waals surface area contributed by atoms with E-state index in [4.69, 9.17) is 9.72 Å². The Morgan fingerprint density at radius 3 is 2.62 bits per heavy atom. The van der Waals surface area contributed by atoms with Crippen molar-refractivity contribution in [3.63, 3.8) is 0 Å². The molecule has 0 bridgehead atoms. The number of rotatable bonds is 7. The Labute approximate surface area is 128 Å². The quantitative estimate of drug-likeness (QED) is 0.838. The Bertz CT molecular complexity index is 464. The molecule has 1 aromatic rings. The lowest BCUT2D eigenvalue weighted by molar-refractivity contribution is 0.206. The minimum atomic E-state index is 0.0619. The maximum atomic E-state index is 5.17. The van der Waals surface area contributed by atoms with Gasteiger partial charge in [0.2, 0.25) is 0 Å². The van der Waals surface area contributed by atoms with Crippen LogP contribution in [0, 0.1) is 0 Å². The largest absolute Gasteiger partial charge is 0.383 e. The number of pyridine rings is 1. The minimum Gasteiger partial charge on any atom is -0.383 e. The van der Waals surface area contributed by atoms with Gasteiger partial charge in [-0.2, -0.15) is 0 Å². The summed E-state index contributed by atoms with van der Waals surface area (Å²) in [6.07, 6.45) is 2.63. The van der Waals surface area contributed by atoms with Crippen LogP contribution in [-0.2, 0) is 16.7 Å². The molecule has 0 radical (unpaired) electrons. The highest BCUT2D eigenvalue weighted by molar-refractivity contribution is 5.43. The second kappa shape index (κ2) is 6.75. The summed E-state index contributed by atoms with van der Waals surface area (Å²) in [5.41, 5.74) is 2.53. The lowest BCUT2D eigenvalue weighted by Crippen LogP contribution is -2.25. The lowest BCUT2D eigenvalue weighted by Gasteiger charge is -2.24. The molecular formula is C17H29N3O. The van der Waals surface area contributed by atoms with Gasteiger partial charge in [-0.1, -0.05) is 20.8 Å². The number of ether oxygens (including phenoxy) is 1. The van der Waals surface area contributed by atoms with Crippen molar-refractivity contribution in [3.05, 3.63) is 23.4 Å². The van der Waals surface area contributed by atoms with Crippen molar-refractivity contribution >= 4 is 5.82 Å². The third-order valence-corrected chi connectivity index (χ3v) is 3.83. The summed E-state index contributed by atoms with van der Waals surface area (Å²) >= 11 is 0. The van der Waals surface area contributed by atoms with Gasteiger partial charge in [-0.15, -0.1) is 0 Å². The van der Waals surface area contributed by atoms with Gasteiger partial charge in [-0.05, 0) is 30.5 Å². The van der Waals surface area contributed by atoms with Gasteiger partial charge in [0.25, 0.3) is 0 Å². The molecule has 0 unspecified atom stereocenters. The number of hydrogen-bond donors (Lipinski definition) is 1. The fourth-order valence-electron chi connectivity index (χ4n) is 2.15. The number of aromatic nitrogens is 1. The molecule has 0 aromatic carbocycles. The van der Waals surface area contributed by atoms with Crippen LogP contribution in [-0.4, -0.2) is 38.3 Å². The fourth-order valence-corrected chi connectivity index (χ4v) is 2.15. The Morgan fingerprint density at radius 2 is 2.05 bits per heavy atom. The summed E-state index contributed by atoms with van der Waals surface area (Å²) < 4.78 is 5.17. The first kappa shape index (κ1) is 16.2. The van der Waals surface area contributed by atoms with Gasteiger partial charge in [0.15, 0.2) is 0 Å². The molecule has 21 heavy (non-hydrogen) atoms. The highest BCUT2D eigenvalue weighted by Crippen LogP contribution is 2.25. The molecule has 4 nitrogen and oxygen atoms in total. The van der Waals surface area contributed by atoms with Crippen molar-refractivity contribution in [1.82, 2.24) is 10.3 Å². The monoisotopic (exact) mass is 291 g/mol. The van der Waals surface area contributed by atoms with Crippen LogP contribution in [0.2, 0.25) is 0 Å². The van der Waals surface area contributed by atoms with E-state index >= 15 is 0 Å². The van der Waals surface area contributed by atoms with E-state index in [1.165, 1.54) is 18.4 Å². The fraction of sp³-hybridized carbons (Fsp3) is 0.706. The zero-order chi connectivity index (χ0) is 15.5. The number of nitrogens with one attached hydrogen (secondary N) is 1. The standard InChI is InChI=1S/C17H29N3O/c1-17(2,3)15-10-13(12-18-14-6-7-14)11-16(19-15)20(4)8-9-21-5/h10-11,14,18H,6-9,12H2,1-5H3. The van der Waals surface area contributed by atoms with E-state index in [0.717, 1.165) is 30.6 Å². The molecule has 1 fully saturated rings. The zero-order valence-corrected chi connectivity index (χ0v) is 14.1. The van der Waals surface area contributed by atoms with Crippen LogP contribution in [0.4, 0.5) is 5.82 Å². The van der Waals surface area contributed by atoms with E-state index in [1.807, 2.05) is 0 Å². The van der Waals surface area contributed by atoms with Gasteiger partial charge in [0.1, 0.15) is 5.82 Å². The number of likely N-dealkylation sites (N-methyl/N-ethyl adjacent to an activating group) is 1. The molecule has 0 amide bonds. The van der Waals surface area contributed by atoms with Gasteiger partial charge in [0, 0.05) is 44.4 Å². The van der Waals surface area contributed by atoms with Gasteiger partial charge >= 0.3 is 0 Å². The number of hydrogen-bond acceptors (Lipinski definition) is 4. The average molecular weight is 291 g/mol. The Morgan fingerprint density at radius 1 is 1.33 bits per heavy atom. The van der Waals surface area contributed by atoms with Crippen molar-refractivity contribution in [2.24, 2.45) is 0 Å². The van der Waals surface area contributed by atoms with E-state index in [-0.39, 0.29) is 5.41 Å². The second-order valence-corrected chi connectivity index (χ2v) is 7.04. The molecule has 0 aliphatic heterocycles. The van der Waals surface area contributed by atoms with Crippen LogP contribution < -0.4 is 10.2 Å². The van der Waals surface area contributed by atoms with E-state index < -0.39 is 0 Å². The summed E-state index contributed by atoms with van der Waals surface area (Å²) in [6.45, 7) is 9.15. The summed E-state index contributed by atoms with van der Waals surface area (Å²) in [6, 6.07) is 5.16. The van der Waals surface area contributed by atoms with Crippen molar-refractivity contribution < 1.29 is 4.74 Å². The van der Waals surface area contributed by atoms with Crippen molar-refractivity contribution in [3.8, 4) is 0 Å². The molecule has 1 saturated carbocycles. The zero-order valence-electron chi connectivity index (χ0n) is 14.1. The number of anilines is 1. The highest BCUT2D eigenvalue weighted by atomic mass is 16.5. The van der Waals surface area contributed by atoms with E-state index in [2.05, 4.69) is 50.2 Å². The number of nitrogens with zero attached hydrogens (tertiary/aromatic N) is 2.